The zero-order valence-electron chi connectivity index (χ0n) is 17.4. The third kappa shape index (κ3) is 4.65. The van der Waals surface area contributed by atoms with Crippen molar-refractivity contribution in [3.05, 3.63) is 72.1 Å². The van der Waals surface area contributed by atoms with E-state index in [4.69, 9.17) is 0 Å². The van der Waals surface area contributed by atoms with E-state index in [1.807, 2.05) is 4.68 Å². The van der Waals surface area contributed by atoms with Gasteiger partial charge in [0.25, 0.3) is 0 Å². The first-order chi connectivity index (χ1) is 14.2. The summed E-state index contributed by atoms with van der Waals surface area (Å²) in [5.74, 6) is 1.43. The van der Waals surface area contributed by atoms with Crippen molar-refractivity contribution in [3.8, 4) is 0 Å². The molecule has 0 spiro atoms. The Balaban J connectivity index is 1.44. The highest BCUT2D eigenvalue weighted by Gasteiger charge is 2.31. The summed E-state index contributed by atoms with van der Waals surface area (Å²) >= 11 is 0. The van der Waals surface area contributed by atoms with Crippen LogP contribution in [0.2, 0.25) is 0 Å². The third-order valence-corrected chi connectivity index (χ3v) is 5.74. The summed E-state index contributed by atoms with van der Waals surface area (Å²) in [5, 5.41) is 12.8. The minimum Gasteiger partial charge on any atom is -0.369 e. The predicted molar refractivity (Wildman–Crippen MR) is 116 cm³/mol. The van der Waals surface area contributed by atoms with E-state index in [9.17, 15) is 0 Å². The van der Waals surface area contributed by atoms with Crippen molar-refractivity contribution in [1.29, 1.82) is 0 Å². The molecule has 0 aliphatic carbocycles. The Morgan fingerprint density at radius 3 is 2.17 bits per heavy atom. The first-order valence-electron chi connectivity index (χ1n) is 10.6. The lowest BCUT2D eigenvalue weighted by Gasteiger charge is -2.41. The van der Waals surface area contributed by atoms with Gasteiger partial charge in [-0.1, -0.05) is 62.4 Å². The molecule has 4 rings (SSSR count). The molecule has 29 heavy (non-hydrogen) atoms. The molecule has 6 heteroatoms. The number of nitrogens with zero attached hydrogens (tertiary/aromatic N) is 6. The van der Waals surface area contributed by atoms with Crippen molar-refractivity contribution in [1.82, 2.24) is 25.1 Å². The fourth-order valence-corrected chi connectivity index (χ4v) is 4.24. The van der Waals surface area contributed by atoms with Crippen LogP contribution in [0.5, 0.6) is 0 Å². The van der Waals surface area contributed by atoms with E-state index in [1.165, 1.54) is 11.3 Å². The lowest BCUT2D eigenvalue weighted by molar-refractivity contribution is 0.134. The second-order valence-electron chi connectivity index (χ2n) is 8.04. The molecular formula is C23H30N6. The highest BCUT2D eigenvalue weighted by molar-refractivity contribution is 5.46. The zero-order chi connectivity index (χ0) is 20.1. The first kappa shape index (κ1) is 19.6. The van der Waals surface area contributed by atoms with Crippen LogP contribution in [0.15, 0.2) is 60.7 Å². The van der Waals surface area contributed by atoms with Crippen molar-refractivity contribution in [2.45, 2.75) is 32.9 Å². The summed E-state index contributed by atoms with van der Waals surface area (Å²) in [7, 11) is 0. The highest BCUT2D eigenvalue weighted by atomic mass is 15.6. The van der Waals surface area contributed by atoms with Gasteiger partial charge in [0.15, 0.2) is 5.82 Å². The van der Waals surface area contributed by atoms with Gasteiger partial charge in [-0.15, -0.1) is 5.10 Å². The van der Waals surface area contributed by atoms with E-state index in [0.717, 1.165) is 45.0 Å². The molecule has 1 aromatic heterocycles. The average Bonchev–Trinajstić information content (AvgIpc) is 3.22. The molecule has 1 fully saturated rings. The maximum Gasteiger partial charge on any atom is 0.168 e. The van der Waals surface area contributed by atoms with Gasteiger partial charge in [0.1, 0.15) is 0 Å². The molecule has 152 valence electrons. The number of anilines is 1. The molecule has 2 aromatic carbocycles. The van der Waals surface area contributed by atoms with Crippen LogP contribution in [0.25, 0.3) is 0 Å². The van der Waals surface area contributed by atoms with Crippen LogP contribution < -0.4 is 4.90 Å². The van der Waals surface area contributed by atoms with E-state index in [-0.39, 0.29) is 6.04 Å². The molecule has 1 aliphatic heterocycles. The molecular weight excluding hydrogens is 360 g/mol. The van der Waals surface area contributed by atoms with Crippen molar-refractivity contribution in [3.63, 3.8) is 0 Å². The molecule has 0 N–H and O–H groups in total. The number of tetrazole rings is 1. The van der Waals surface area contributed by atoms with Crippen LogP contribution in [0.3, 0.4) is 0 Å². The number of piperazine rings is 1. The Hall–Kier alpha value is -2.73. The van der Waals surface area contributed by atoms with Gasteiger partial charge in [0.05, 0.1) is 6.04 Å². The van der Waals surface area contributed by atoms with Gasteiger partial charge in [0, 0.05) is 38.4 Å². The van der Waals surface area contributed by atoms with E-state index >= 15 is 0 Å². The normalized spacial score (nSPS) is 16.3. The smallest absolute Gasteiger partial charge is 0.168 e. The van der Waals surface area contributed by atoms with Gasteiger partial charge in [-0.05, 0) is 40.5 Å². The molecule has 0 saturated carbocycles. The summed E-state index contributed by atoms with van der Waals surface area (Å²) in [6, 6.07) is 21.5. The minimum absolute atomic E-state index is 0.235. The van der Waals surface area contributed by atoms with Crippen LogP contribution in [0.1, 0.15) is 31.3 Å². The summed E-state index contributed by atoms with van der Waals surface area (Å²) in [4.78, 5) is 5.01. The number of para-hydroxylation sites is 1. The molecule has 0 bridgehead atoms. The number of hydrogen-bond acceptors (Lipinski definition) is 5. The Morgan fingerprint density at radius 1 is 0.862 bits per heavy atom. The topological polar surface area (TPSA) is 50.1 Å². The lowest BCUT2D eigenvalue weighted by Crippen LogP contribution is -2.49. The van der Waals surface area contributed by atoms with Crippen molar-refractivity contribution >= 4 is 5.69 Å². The average molecular weight is 391 g/mol. The molecule has 1 atom stereocenters. The number of aromatic nitrogens is 4. The predicted octanol–water partition coefficient (Wildman–Crippen LogP) is 3.44. The van der Waals surface area contributed by atoms with E-state index in [0.29, 0.717) is 5.92 Å². The standard InChI is InChI=1S/C23H30N6/c1-19(2)22(28-17-15-27(16-18-28)21-11-7-4-8-12-21)23-24-25-26-29(23)14-13-20-9-5-3-6-10-20/h3-12,19,22H,13-18H2,1-2H3/t22-/m1/s1. The summed E-state index contributed by atoms with van der Waals surface area (Å²) in [5.41, 5.74) is 2.62. The molecule has 0 radical (unpaired) electrons. The Bertz CT molecular complexity index is 869. The van der Waals surface area contributed by atoms with Crippen LogP contribution in [0, 0.1) is 5.92 Å². The molecule has 0 amide bonds. The minimum atomic E-state index is 0.235. The van der Waals surface area contributed by atoms with E-state index in [2.05, 4.69) is 99.8 Å². The Labute approximate surface area is 173 Å². The SMILES string of the molecule is CC(C)[C@H](c1nnnn1CCc1ccccc1)N1CCN(c2ccccc2)CC1. The van der Waals surface area contributed by atoms with E-state index in [1.54, 1.807) is 0 Å². The number of hydrogen-bond donors (Lipinski definition) is 0. The van der Waals surface area contributed by atoms with Crippen LogP contribution in [-0.4, -0.2) is 51.3 Å². The maximum absolute atomic E-state index is 4.45. The quantitative estimate of drug-likeness (QED) is 0.619. The largest absolute Gasteiger partial charge is 0.369 e. The molecule has 6 nitrogen and oxygen atoms in total. The second kappa shape index (κ2) is 9.18. The first-order valence-corrected chi connectivity index (χ1v) is 10.6. The fourth-order valence-electron chi connectivity index (χ4n) is 4.24. The van der Waals surface area contributed by atoms with Crippen molar-refractivity contribution in [2.75, 3.05) is 31.1 Å². The number of rotatable bonds is 7. The highest BCUT2D eigenvalue weighted by Crippen LogP contribution is 2.29. The third-order valence-electron chi connectivity index (χ3n) is 5.74. The van der Waals surface area contributed by atoms with Gasteiger partial charge in [0.2, 0.25) is 0 Å². The van der Waals surface area contributed by atoms with E-state index < -0.39 is 0 Å². The maximum atomic E-state index is 4.45. The second-order valence-corrected chi connectivity index (χ2v) is 8.04. The van der Waals surface area contributed by atoms with Gasteiger partial charge in [-0.25, -0.2) is 4.68 Å². The number of benzene rings is 2. The molecule has 2 heterocycles. The Morgan fingerprint density at radius 2 is 1.52 bits per heavy atom. The Kier molecular flexibility index (Phi) is 6.20. The van der Waals surface area contributed by atoms with Crippen LogP contribution in [0.4, 0.5) is 5.69 Å². The summed E-state index contributed by atoms with van der Waals surface area (Å²) in [6.07, 6.45) is 0.936. The fraction of sp³-hybridized carbons (Fsp3) is 0.435. The van der Waals surface area contributed by atoms with Gasteiger partial charge in [-0.2, -0.15) is 0 Å². The van der Waals surface area contributed by atoms with Gasteiger partial charge in [-0.3, -0.25) is 4.90 Å². The molecule has 0 unspecified atom stereocenters. The van der Waals surface area contributed by atoms with Gasteiger partial charge < -0.3 is 4.90 Å². The molecule has 3 aromatic rings. The van der Waals surface area contributed by atoms with Crippen molar-refractivity contribution < 1.29 is 0 Å². The monoisotopic (exact) mass is 390 g/mol. The van der Waals surface area contributed by atoms with Gasteiger partial charge >= 0.3 is 0 Å². The summed E-state index contributed by atoms with van der Waals surface area (Å²) < 4.78 is 2.00. The molecule has 1 aliphatic rings. The number of aryl methyl sites for hydroxylation is 2. The summed E-state index contributed by atoms with van der Waals surface area (Å²) in [6.45, 7) is 9.43. The zero-order valence-corrected chi connectivity index (χ0v) is 17.4. The lowest BCUT2D eigenvalue weighted by atomic mass is 10.0. The molecule has 1 saturated heterocycles. The van der Waals surface area contributed by atoms with Crippen LogP contribution in [-0.2, 0) is 13.0 Å². The van der Waals surface area contributed by atoms with Crippen LogP contribution >= 0.6 is 0 Å². The van der Waals surface area contributed by atoms with Crippen molar-refractivity contribution in [2.24, 2.45) is 5.92 Å².